The van der Waals surface area contributed by atoms with Crippen LogP contribution in [0.15, 0.2) is 212 Å². The van der Waals surface area contributed by atoms with Gasteiger partial charge in [-0.25, -0.2) is 4.98 Å². The Kier molecular flexibility index (Phi) is 7.23. The molecule has 0 N–H and O–H groups in total. The van der Waals surface area contributed by atoms with Crippen molar-refractivity contribution in [1.82, 2.24) is 14.0 Å². The molecule has 0 aliphatic heterocycles. The van der Waals surface area contributed by atoms with E-state index >= 15 is 0 Å². The molecule has 0 aliphatic carbocycles. The number of hydrogen-bond acceptors (Lipinski definition) is 1. The molecular formula is C55H35N3. The number of hydrogen-bond donors (Lipinski definition) is 0. The lowest BCUT2D eigenvalue weighted by Gasteiger charge is -2.15. The van der Waals surface area contributed by atoms with Gasteiger partial charge in [0.25, 0.3) is 0 Å². The summed E-state index contributed by atoms with van der Waals surface area (Å²) in [5.74, 6) is 0.877. The van der Waals surface area contributed by atoms with Crippen LogP contribution in [0.1, 0.15) is 0 Å². The third-order valence-corrected chi connectivity index (χ3v) is 11.8. The van der Waals surface area contributed by atoms with Crippen molar-refractivity contribution in [2.75, 3.05) is 0 Å². The Morgan fingerprint density at radius 1 is 0.310 bits per heavy atom. The van der Waals surface area contributed by atoms with E-state index in [4.69, 9.17) is 4.98 Å². The van der Waals surface area contributed by atoms with Crippen LogP contribution < -0.4 is 0 Å². The molecular weight excluding hydrogens is 703 g/mol. The molecule has 4 aromatic heterocycles. The maximum Gasteiger partial charge on any atom is 0.138 e. The lowest BCUT2D eigenvalue weighted by atomic mass is 9.97. The van der Waals surface area contributed by atoms with Crippen LogP contribution in [-0.2, 0) is 0 Å². The SMILES string of the molecule is c1ccc(-c2cccc(-c3cc(-c4cccc(-c5ccccc5)c4)nc(-n4c5ccccc5c5c4ccc4c6ccccc6c6cc7ccccc7n6c45)c3)c2)cc1. The Morgan fingerprint density at radius 2 is 0.879 bits per heavy atom. The van der Waals surface area contributed by atoms with Crippen molar-refractivity contribution in [2.45, 2.75) is 0 Å². The zero-order valence-electron chi connectivity index (χ0n) is 31.5. The number of pyridine rings is 2. The minimum absolute atomic E-state index is 0.877. The third-order valence-electron chi connectivity index (χ3n) is 11.8. The summed E-state index contributed by atoms with van der Waals surface area (Å²) in [5, 5.41) is 7.39. The van der Waals surface area contributed by atoms with Crippen molar-refractivity contribution in [1.29, 1.82) is 0 Å². The van der Waals surface area contributed by atoms with Gasteiger partial charge in [-0.1, -0.05) is 164 Å². The van der Waals surface area contributed by atoms with E-state index in [1.165, 1.54) is 65.6 Å². The van der Waals surface area contributed by atoms with Crippen molar-refractivity contribution in [3.8, 4) is 50.5 Å². The van der Waals surface area contributed by atoms with Gasteiger partial charge < -0.3 is 4.40 Å². The summed E-state index contributed by atoms with van der Waals surface area (Å²) in [4.78, 5) is 5.58. The number of rotatable bonds is 5. The van der Waals surface area contributed by atoms with Crippen LogP contribution in [-0.4, -0.2) is 14.0 Å². The monoisotopic (exact) mass is 737 g/mol. The van der Waals surface area contributed by atoms with Crippen molar-refractivity contribution >= 4 is 59.9 Å². The van der Waals surface area contributed by atoms with E-state index in [1.54, 1.807) is 0 Å². The fourth-order valence-electron chi connectivity index (χ4n) is 9.22. The molecule has 0 radical (unpaired) electrons. The first-order valence-electron chi connectivity index (χ1n) is 19.9. The summed E-state index contributed by atoms with van der Waals surface area (Å²) in [6, 6.07) is 76.8. The van der Waals surface area contributed by atoms with E-state index in [9.17, 15) is 0 Å². The summed E-state index contributed by atoms with van der Waals surface area (Å²) in [6.45, 7) is 0. The van der Waals surface area contributed by atoms with E-state index in [1.807, 2.05) is 0 Å². The van der Waals surface area contributed by atoms with Gasteiger partial charge in [0.15, 0.2) is 0 Å². The minimum Gasteiger partial charge on any atom is -0.308 e. The molecule has 8 aromatic carbocycles. The molecule has 0 amide bonds. The molecule has 3 heteroatoms. The quantitative estimate of drug-likeness (QED) is 0.161. The van der Waals surface area contributed by atoms with Crippen LogP contribution in [0.5, 0.6) is 0 Å². The zero-order chi connectivity index (χ0) is 38.2. The second-order valence-electron chi connectivity index (χ2n) is 15.2. The zero-order valence-corrected chi connectivity index (χ0v) is 31.5. The van der Waals surface area contributed by atoms with Crippen molar-refractivity contribution in [2.24, 2.45) is 0 Å². The standard InChI is InChI=1S/C55H35N3/c1-3-15-36(16-4-1)38-20-13-22-40(31-38)43-33-48(41-23-14-21-39(32-41)37-17-5-2-6-18-37)56-53(35-43)57-50-28-12-10-26-47(50)54-51(57)30-29-46-44-24-8-9-25-45(44)52-34-42-19-7-11-27-49(42)58(52)55(46)54/h1-35H. The van der Waals surface area contributed by atoms with Gasteiger partial charge in [-0.2, -0.15) is 0 Å². The molecule has 0 unspecified atom stereocenters. The largest absolute Gasteiger partial charge is 0.308 e. The lowest BCUT2D eigenvalue weighted by molar-refractivity contribution is 1.08. The maximum atomic E-state index is 5.58. The fraction of sp³-hybridized carbons (Fsp3) is 0. The number of para-hydroxylation sites is 2. The fourth-order valence-corrected chi connectivity index (χ4v) is 9.22. The van der Waals surface area contributed by atoms with Crippen molar-refractivity contribution < 1.29 is 0 Å². The first kappa shape index (κ1) is 32.5. The Morgan fingerprint density at radius 3 is 1.62 bits per heavy atom. The molecule has 58 heavy (non-hydrogen) atoms. The number of fused-ring (bicyclic) bond motifs is 12. The molecule has 0 fully saturated rings. The highest BCUT2D eigenvalue weighted by atomic mass is 15.1. The molecule has 0 aliphatic rings. The topological polar surface area (TPSA) is 22.2 Å². The molecule has 12 rings (SSSR count). The van der Waals surface area contributed by atoms with Crippen LogP contribution >= 0.6 is 0 Å². The van der Waals surface area contributed by atoms with Gasteiger partial charge in [0, 0.05) is 32.5 Å². The highest BCUT2D eigenvalue weighted by Crippen LogP contribution is 2.43. The second kappa shape index (κ2) is 12.9. The normalized spacial score (nSPS) is 11.8. The lowest BCUT2D eigenvalue weighted by Crippen LogP contribution is -2.00. The summed E-state index contributed by atoms with van der Waals surface area (Å²) in [5.41, 5.74) is 14.8. The molecule has 0 spiro atoms. The van der Waals surface area contributed by atoms with E-state index < -0.39 is 0 Å². The van der Waals surface area contributed by atoms with Gasteiger partial charge in [-0.15, -0.1) is 0 Å². The Bertz CT molecular complexity index is 3460. The van der Waals surface area contributed by atoms with Gasteiger partial charge in [0.2, 0.25) is 0 Å². The molecule has 3 nitrogen and oxygen atoms in total. The molecule has 12 aromatic rings. The first-order valence-corrected chi connectivity index (χ1v) is 19.9. The second-order valence-corrected chi connectivity index (χ2v) is 15.2. The smallest absolute Gasteiger partial charge is 0.138 e. The average Bonchev–Trinajstić information content (AvgIpc) is 3.86. The van der Waals surface area contributed by atoms with Crippen LogP contribution in [0, 0.1) is 0 Å². The van der Waals surface area contributed by atoms with Crippen LogP contribution in [0.2, 0.25) is 0 Å². The summed E-state index contributed by atoms with van der Waals surface area (Å²) >= 11 is 0. The summed E-state index contributed by atoms with van der Waals surface area (Å²) in [6.07, 6.45) is 0. The molecule has 0 atom stereocenters. The van der Waals surface area contributed by atoms with E-state index in [-0.39, 0.29) is 0 Å². The van der Waals surface area contributed by atoms with Crippen LogP contribution in [0.3, 0.4) is 0 Å². The van der Waals surface area contributed by atoms with Gasteiger partial charge in [-0.3, -0.25) is 4.57 Å². The summed E-state index contributed by atoms with van der Waals surface area (Å²) < 4.78 is 4.87. The Balaban J connectivity index is 1.18. The molecule has 270 valence electrons. The van der Waals surface area contributed by atoms with Crippen LogP contribution in [0.25, 0.3) is 110 Å². The highest BCUT2D eigenvalue weighted by Gasteiger charge is 2.21. The summed E-state index contributed by atoms with van der Waals surface area (Å²) in [7, 11) is 0. The first-order chi connectivity index (χ1) is 28.8. The molecule has 4 heterocycles. The van der Waals surface area contributed by atoms with Gasteiger partial charge in [0.05, 0.1) is 33.3 Å². The van der Waals surface area contributed by atoms with Crippen LogP contribution in [0.4, 0.5) is 0 Å². The number of benzene rings is 8. The number of nitrogens with zero attached hydrogens (tertiary/aromatic N) is 3. The molecule has 0 saturated heterocycles. The van der Waals surface area contributed by atoms with Gasteiger partial charge in [-0.05, 0) is 87.3 Å². The minimum atomic E-state index is 0.877. The predicted octanol–water partition coefficient (Wildman–Crippen LogP) is 14.6. The van der Waals surface area contributed by atoms with E-state index in [0.717, 1.165) is 44.8 Å². The van der Waals surface area contributed by atoms with Crippen molar-refractivity contribution in [3.63, 3.8) is 0 Å². The van der Waals surface area contributed by atoms with Crippen molar-refractivity contribution in [3.05, 3.63) is 212 Å². The van der Waals surface area contributed by atoms with Gasteiger partial charge in [0.1, 0.15) is 5.82 Å². The molecule has 0 saturated carbocycles. The third kappa shape index (κ3) is 5.04. The number of aromatic nitrogens is 3. The van der Waals surface area contributed by atoms with Gasteiger partial charge >= 0.3 is 0 Å². The maximum absolute atomic E-state index is 5.58. The van der Waals surface area contributed by atoms with E-state index in [2.05, 4.69) is 221 Å². The predicted molar refractivity (Wildman–Crippen MR) is 244 cm³/mol. The molecule has 0 bridgehead atoms. The van der Waals surface area contributed by atoms with E-state index in [0.29, 0.717) is 0 Å². The average molecular weight is 738 g/mol. The Hall–Kier alpha value is -7.75. The highest BCUT2D eigenvalue weighted by molar-refractivity contribution is 6.27. The Labute approximate surface area is 335 Å².